The van der Waals surface area contributed by atoms with E-state index in [1.165, 1.54) is 6.42 Å². The van der Waals surface area contributed by atoms with E-state index in [4.69, 9.17) is 16.3 Å². The van der Waals surface area contributed by atoms with Crippen LogP contribution >= 0.6 is 11.6 Å². The molecule has 1 aliphatic rings. The van der Waals surface area contributed by atoms with E-state index in [9.17, 15) is 4.79 Å². The van der Waals surface area contributed by atoms with Crippen molar-refractivity contribution >= 4 is 17.4 Å². The fourth-order valence-corrected chi connectivity index (χ4v) is 3.29. The molecule has 0 spiro atoms. The van der Waals surface area contributed by atoms with Crippen LogP contribution in [-0.4, -0.2) is 11.9 Å². The molecule has 3 heteroatoms. The molecule has 1 saturated carbocycles. The standard InChI is InChI=1S/C18H25ClO2/c1-11(2)21-15-10-12(3)17(19)13(4)16(15)18(20)14-8-6-5-7-9-14/h10-11,14H,5-9H2,1-4H3. The van der Waals surface area contributed by atoms with Crippen molar-refractivity contribution in [2.75, 3.05) is 0 Å². The minimum atomic E-state index is 0.0443. The molecule has 2 nitrogen and oxygen atoms in total. The van der Waals surface area contributed by atoms with Crippen molar-refractivity contribution in [3.8, 4) is 5.75 Å². The van der Waals surface area contributed by atoms with E-state index in [1.54, 1.807) is 0 Å². The van der Waals surface area contributed by atoms with Crippen LogP contribution < -0.4 is 4.74 Å². The first kappa shape index (κ1) is 16.4. The zero-order chi connectivity index (χ0) is 15.6. The molecule has 0 atom stereocenters. The summed E-state index contributed by atoms with van der Waals surface area (Å²) in [5.41, 5.74) is 2.53. The zero-order valence-corrected chi connectivity index (χ0v) is 14.2. The predicted octanol–water partition coefficient (Wildman–Crippen LogP) is 5.51. The van der Waals surface area contributed by atoms with Gasteiger partial charge in [0.05, 0.1) is 11.7 Å². The van der Waals surface area contributed by atoms with E-state index in [0.717, 1.165) is 36.8 Å². The summed E-state index contributed by atoms with van der Waals surface area (Å²) in [5.74, 6) is 1.04. The third-order valence-corrected chi connectivity index (χ3v) is 4.81. The summed E-state index contributed by atoms with van der Waals surface area (Å²) in [6.07, 6.45) is 5.57. The van der Waals surface area contributed by atoms with Gasteiger partial charge in [-0.1, -0.05) is 30.9 Å². The predicted molar refractivity (Wildman–Crippen MR) is 87.6 cm³/mol. The van der Waals surface area contributed by atoms with Gasteiger partial charge in [-0.3, -0.25) is 4.79 Å². The summed E-state index contributed by atoms with van der Waals surface area (Å²) in [6, 6.07) is 1.91. The molecule has 0 aromatic heterocycles. The second-order valence-corrected chi connectivity index (χ2v) is 6.75. The van der Waals surface area contributed by atoms with Crippen LogP contribution in [0.15, 0.2) is 6.07 Å². The van der Waals surface area contributed by atoms with Crippen molar-refractivity contribution in [1.29, 1.82) is 0 Å². The molecule has 0 aliphatic heterocycles. The molecule has 1 aromatic carbocycles. The van der Waals surface area contributed by atoms with Gasteiger partial charge in [-0.05, 0) is 57.7 Å². The van der Waals surface area contributed by atoms with Crippen molar-refractivity contribution in [1.82, 2.24) is 0 Å². The number of ether oxygens (including phenoxy) is 1. The zero-order valence-electron chi connectivity index (χ0n) is 13.5. The summed E-state index contributed by atoms with van der Waals surface area (Å²) in [7, 11) is 0. The second kappa shape index (κ2) is 6.83. The second-order valence-electron chi connectivity index (χ2n) is 6.37. The number of hydrogen-bond acceptors (Lipinski definition) is 2. The highest BCUT2D eigenvalue weighted by Gasteiger charge is 2.28. The number of Topliss-reactive ketones (excluding diaryl/α,β-unsaturated/α-hetero) is 1. The number of carbonyl (C=O) groups is 1. The highest BCUT2D eigenvalue weighted by Crippen LogP contribution is 2.36. The van der Waals surface area contributed by atoms with Gasteiger partial charge in [0.25, 0.3) is 0 Å². The van der Waals surface area contributed by atoms with Crippen molar-refractivity contribution < 1.29 is 9.53 Å². The van der Waals surface area contributed by atoms with Crippen LogP contribution in [0.25, 0.3) is 0 Å². The van der Waals surface area contributed by atoms with E-state index >= 15 is 0 Å². The van der Waals surface area contributed by atoms with E-state index in [1.807, 2.05) is 33.8 Å². The van der Waals surface area contributed by atoms with Gasteiger partial charge in [0.2, 0.25) is 0 Å². The lowest BCUT2D eigenvalue weighted by atomic mass is 9.82. The average molecular weight is 309 g/mol. The van der Waals surface area contributed by atoms with E-state index < -0.39 is 0 Å². The van der Waals surface area contributed by atoms with Crippen LogP contribution in [0.2, 0.25) is 5.02 Å². The molecule has 0 amide bonds. The Morgan fingerprint density at radius 1 is 1.24 bits per heavy atom. The topological polar surface area (TPSA) is 26.3 Å². The minimum absolute atomic E-state index is 0.0443. The van der Waals surface area contributed by atoms with Crippen molar-refractivity contribution in [3.05, 3.63) is 27.8 Å². The van der Waals surface area contributed by atoms with E-state index in [0.29, 0.717) is 16.3 Å². The number of rotatable bonds is 4. The van der Waals surface area contributed by atoms with Gasteiger partial charge >= 0.3 is 0 Å². The monoisotopic (exact) mass is 308 g/mol. The fraction of sp³-hybridized carbons (Fsp3) is 0.611. The van der Waals surface area contributed by atoms with Crippen LogP contribution in [0.5, 0.6) is 5.75 Å². The average Bonchev–Trinajstić information content (AvgIpc) is 2.45. The number of aryl methyl sites for hydroxylation is 1. The van der Waals surface area contributed by atoms with Gasteiger partial charge in [-0.2, -0.15) is 0 Å². The molecule has 0 unspecified atom stereocenters. The van der Waals surface area contributed by atoms with Crippen LogP contribution in [-0.2, 0) is 0 Å². The minimum Gasteiger partial charge on any atom is -0.490 e. The Kier molecular flexibility index (Phi) is 5.32. The Morgan fingerprint density at radius 2 is 1.86 bits per heavy atom. The Balaban J connectivity index is 2.43. The molecule has 2 rings (SSSR count). The molecule has 1 aromatic rings. The Bertz CT molecular complexity index is 529. The maximum Gasteiger partial charge on any atom is 0.169 e. The first-order chi connectivity index (χ1) is 9.91. The lowest BCUT2D eigenvalue weighted by Gasteiger charge is -2.24. The van der Waals surface area contributed by atoms with Gasteiger partial charge in [-0.25, -0.2) is 0 Å². The third-order valence-electron chi connectivity index (χ3n) is 4.23. The van der Waals surface area contributed by atoms with E-state index in [2.05, 4.69) is 0 Å². The highest BCUT2D eigenvalue weighted by molar-refractivity contribution is 6.32. The summed E-state index contributed by atoms with van der Waals surface area (Å²) in [5, 5.41) is 0.685. The van der Waals surface area contributed by atoms with Crippen molar-refractivity contribution in [2.24, 2.45) is 5.92 Å². The Morgan fingerprint density at radius 3 is 2.43 bits per heavy atom. The quantitative estimate of drug-likeness (QED) is 0.686. The van der Waals surface area contributed by atoms with Crippen LogP contribution in [0.3, 0.4) is 0 Å². The number of carbonyl (C=O) groups excluding carboxylic acids is 1. The Hall–Kier alpha value is -1.02. The maximum absolute atomic E-state index is 12.9. The molecule has 0 saturated heterocycles. The lowest BCUT2D eigenvalue weighted by Crippen LogP contribution is -2.21. The molecular formula is C18H25ClO2. The summed E-state index contributed by atoms with van der Waals surface area (Å²) >= 11 is 6.37. The van der Waals surface area contributed by atoms with E-state index in [-0.39, 0.29) is 17.8 Å². The van der Waals surface area contributed by atoms with Gasteiger partial charge in [0.1, 0.15) is 5.75 Å². The molecular weight excluding hydrogens is 284 g/mol. The molecule has 0 heterocycles. The Labute approximate surface area is 132 Å². The highest BCUT2D eigenvalue weighted by atomic mass is 35.5. The third kappa shape index (κ3) is 3.60. The van der Waals surface area contributed by atoms with Gasteiger partial charge in [0.15, 0.2) is 5.78 Å². The van der Waals surface area contributed by atoms with Crippen LogP contribution in [0, 0.1) is 19.8 Å². The summed E-state index contributed by atoms with van der Waals surface area (Å²) in [6.45, 7) is 7.85. The fourth-order valence-electron chi connectivity index (χ4n) is 3.14. The first-order valence-corrected chi connectivity index (χ1v) is 8.30. The summed E-state index contributed by atoms with van der Waals surface area (Å²) in [4.78, 5) is 12.9. The number of benzene rings is 1. The molecule has 0 bridgehead atoms. The summed E-state index contributed by atoms with van der Waals surface area (Å²) < 4.78 is 5.89. The molecule has 0 radical (unpaired) electrons. The van der Waals surface area contributed by atoms with Crippen LogP contribution in [0.4, 0.5) is 0 Å². The molecule has 21 heavy (non-hydrogen) atoms. The van der Waals surface area contributed by atoms with Crippen LogP contribution in [0.1, 0.15) is 67.4 Å². The van der Waals surface area contributed by atoms with Gasteiger partial charge < -0.3 is 4.74 Å². The molecule has 1 fully saturated rings. The number of ketones is 1. The normalized spacial score (nSPS) is 16.3. The van der Waals surface area contributed by atoms with Crippen molar-refractivity contribution in [2.45, 2.75) is 65.9 Å². The van der Waals surface area contributed by atoms with Gasteiger partial charge in [-0.15, -0.1) is 0 Å². The largest absolute Gasteiger partial charge is 0.490 e. The molecule has 0 N–H and O–H groups in total. The maximum atomic E-state index is 12.9. The lowest BCUT2D eigenvalue weighted by molar-refractivity contribution is 0.0883. The number of halogens is 1. The van der Waals surface area contributed by atoms with Gasteiger partial charge in [0, 0.05) is 10.9 Å². The molecule has 1 aliphatic carbocycles. The number of hydrogen-bond donors (Lipinski definition) is 0. The molecule has 116 valence electrons. The smallest absolute Gasteiger partial charge is 0.169 e. The SMILES string of the molecule is Cc1cc(OC(C)C)c(C(=O)C2CCCCC2)c(C)c1Cl. The van der Waals surface area contributed by atoms with Crippen molar-refractivity contribution in [3.63, 3.8) is 0 Å². The first-order valence-electron chi connectivity index (χ1n) is 7.92.